The van der Waals surface area contributed by atoms with Crippen molar-refractivity contribution >= 4 is 11.0 Å². The second kappa shape index (κ2) is 7.91. The fourth-order valence-electron chi connectivity index (χ4n) is 3.15. The van der Waals surface area contributed by atoms with Gasteiger partial charge in [0.25, 0.3) is 0 Å². The molecule has 0 aliphatic rings. The van der Waals surface area contributed by atoms with E-state index in [2.05, 4.69) is 28.6 Å². The summed E-state index contributed by atoms with van der Waals surface area (Å²) in [5.74, 6) is 0. The summed E-state index contributed by atoms with van der Waals surface area (Å²) in [7, 11) is 0. The minimum absolute atomic E-state index is 0.0409. The Kier molecular flexibility index (Phi) is 5.42. The number of aromatic nitrogens is 2. The maximum absolute atomic E-state index is 12.5. The molecule has 0 saturated heterocycles. The number of pyridine rings is 2. The number of aryl methyl sites for hydroxylation is 1. The number of nitrogens with zero attached hydrogens (tertiary/aromatic N) is 2. The SMILES string of the molecule is CCCCCCCn1c(-c2ccccc2)cc(=O)c2cccnc21. The van der Waals surface area contributed by atoms with Gasteiger partial charge in [-0.15, -0.1) is 0 Å². The Balaban J connectivity index is 2.02. The lowest BCUT2D eigenvalue weighted by atomic mass is 10.1. The molecule has 3 heteroatoms. The summed E-state index contributed by atoms with van der Waals surface area (Å²) in [6, 6.07) is 15.6. The zero-order valence-electron chi connectivity index (χ0n) is 14.2. The van der Waals surface area contributed by atoms with Gasteiger partial charge in [-0.2, -0.15) is 0 Å². The second-order valence-electron chi connectivity index (χ2n) is 6.20. The Morgan fingerprint density at radius 2 is 1.75 bits per heavy atom. The number of unbranched alkanes of at least 4 members (excludes halogenated alkanes) is 4. The first-order chi connectivity index (χ1) is 11.8. The lowest BCUT2D eigenvalue weighted by Crippen LogP contribution is -2.13. The van der Waals surface area contributed by atoms with Crippen LogP contribution < -0.4 is 5.43 Å². The van der Waals surface area contributed by atoms with Gasteiger partial charge in [0.2, 0.25) is 0 Å². The minimum Gasteiger partial charge on any atom is -0.325 e. The predicted octanol–water partition coefficient (Wildman–Crippen LogP) is 5.03. The molecule has 0 aliphatic carbocycles. The summed E-state index contributed by atoms with van der Waals surface area (Å²) in [6.07, 6.45) is 7.89. The van der Waals surface area contributed by atoms with Crippen molar-refractivity contribution in [2.24, 2.45) is 0 Å². The van der Waals surface area contributed by atoms with E-state index in [1.54, 1.807) is 12.3 Å². The number of fused-ring (bicyclic) bond motifs is 1. The maximum atomic E-state index is 12.5. The first-order valence-corrected chi connectivity index (χ1v) is 8.85. The molecule has 0 bridgehead atoms. The van der Waals surface area contributed by atoms with Crippen LogP contribution in [-0.2, 0) is 6.54 Å². The van der Waals surface area contributed by atoms with E-state index in [1.807, 2.05) is 30.3 Å². The van der Waals surface area contributed by atoms with Gasteiger partial charge in [0.1, 0.15) is 5.65 Å². The molecule has 24 heavy (non-hydrogen) atoms. The highest BCUT2D eigenvalue weighted by Gasteiger charge is 2.11. The fourth-order valence-corrected chi connectivity index (χ4v) is 3.15. The molecular weight excluding hydrogens is 296 g/mol. The molecule has 0 unspecified atom stereocenters. The van der Waals surface area contributed by atoms with Gasteiger partial charge in [-0.1, -0.05) is 62.9 Å². The van der Waals surface area contributed by atoms with Crippen LogP contribution in [0.1, 0.15) is 39.0 Å². The highest BCUT2D eigenvalue weighted by atomic mass is 16.1. The topological polar surface area (TPSA) is 34.9 Å². The van der Waals surface area contributed by atoms with E-state index < -0.39 is 0 Å². The standard InChI is InChI=1S/C21H24N2O/c1-2-3-4-5-9-15-23-19(17-11-7-6-8-12-17)16-20(24)18-13-10-14-22-21(18)23/h6-8,10-14,16H,2-5,9,15H2,1H3. The lowest BCUT2D eigenvalue weighted by Gasteiger charge is -2.16. The molecule has 3 nitrogen and oxygen atoms in total. The molecule has 0 spiro atoms. The van der Waals surface area contributed by atoms with Crippen LogP contribution in [0.25, 0.3) is 22.3 Å². The molecule has 0 N–H and O–H groups in total. The van der Waals surface area contributed by atoms with Gasteiger partial charge in [-0.25, -0.2) is 4.98 Å². The fraction of sp³-hybridized carbons (Fsp3) is 0.333. The van der Waals surface area contributed by atoms with E-state index in [0.717, 1.165) is 29.9 Å². The van der Waals surface area contributed by atoms with Crippen LogP contribution in [0.5, 0.6) is 0 Å². The summed E-state index contributed by atoms with van der Waals surface area (Å²) >= 11 is 0. The first-order valence-electron chi connectivity index (χ1n) is 8.85. The molecule has 124 valence electrons. The Morgan fingerprint density at radius 3 is 2.54 bits per heavy atom. The molecule has 0 fully saturated rings. The third-order valence-corrected chi connectivity index (χ3v) is 4.42. The van der Waals surface area contributed by atoms with E-state index in [1.165, 1.54) is 25.7 Å². The lowest BCUT2D eigenvalue weighted by molar-refractivity contribution is 0.576. The van der Waals surface area contributed by atoms with Crippen LogP contribution in [0, 0.1) is 0 Å². The average molecular weight is 320 g/mol. The molecule has 3 aromatic rings. The predicted molar refractivity (Wildman–Crippen MR) is 100 cm³/mol. The molecule has 0 atom stereocenters. The van der Waals surface area contributed by atoms with Crippen LogP contribution in [0.2, 0.25) is 0 Å². The molecule has 3 rings (SSSR count). The minimum atomic E-state index is 0.0409. The van der Waals surface area contributed by atoms with E-state index in [-0.39, 0.29) is 5.43 Å². The largest absolute Gasteiger partial charge is 0.325 e. The van der Waals surface area contributed by atoms with Gasteiger partial charge < -0.3 is 4.57 Å². The zero-order valence-corrected chi connectivity index (χ0v) is 14.2. The average Bonchev–Trinajstić information content (AvgIpc) is 2.64. The van der Waals surface area contributed by atoms with Crippen molar-refractivity contribution in [3.8, 4) is 11.3 Å². The number of rotatable bonds is 7. The van der Waals surface area contributed by atoms with Crippen molar-refractivity contribution in [1.29, 1.82) is 0 Å². The Hall–Kier alpha value is -2.42. The molecule has 0 saturated carbocycles. The maximum Gasteiger partial charge on any atom is 0.191 e. The van der Waals surface area contributed by atoms with Crippen molar-refractivity contribution in [1.82, 2.24) is 9.55 Å². The van der Waals surface area contributed by atoms with E-state index in [9.17, 15) is 4.79 Å². The number of benzene rings is 1. The van der Waals surface area contributed by atoms with Crippen LogP contribution in [0.15, 0.2) is 59.5 Å². The molecule has 0 aliphatic heterocycles. The van der Waals surface area contributed by atoms with Crippen molar-refractivity contribution in [2.45, 2.75) is 45.6 Å². The molecule has 2 heterocycles. The molecule has 1 aromatic carbocycles. The molecule has 0 radical (unpaired) electrons. The van der Waals surface area contributed by atoms with E-state index in [4.69, 9.17) is 0 Å². The van der Waals surface area contributed by atoms with E-state index in [0.29, 0.717) is 5.39 Å². The van der Waals surface area contributed by atoms with Crippen molar-refractivity contribution < 1.29 is 0 Å². The molecular formula is C21H24N2O. The highest BCUT2D eigenvalue weighted by molar-refractivity contribution is 5.79. The number of hydrogen-bond acceptors (Lipinski definition) is 2. The Bertz CT molecular complexity index is 853. The Morgan fingerprint density at radius 1 is 0.958 bits per heavy atom. The Labute approximate surface area is 143 Å². The number of hydrogen-bond donors (Lipinski definition) is 0. The summed E-state index contributed by atoms with van der Waals surface area (Å²) in [5.41, 5.74) is 2.86. The van der Waals surface area contributed by atoms with Crippen LogP contribution in [0.4, 0.5) is 0 Å². The summed E-state index contributed by atoms with van der Waals surface area (Å²) in [6.45, 7) is 3.12. The normalized spacial score (nSPS) is 11.0. The highest BCUT2D eigenvalue weighted by Crippen LogP contribution is 2.22. The summed E-state index contributed by atoms with van der Waals surface area (Å²) in [4.78, 5) is 17.0. The van der Waals surface area contributed by atoms with Gasteiger partial charge in [-0.3, -0.25) is 4.79 Å². The van der Waals surface area contributed by atoms with Gasteiger partial charge in [-0.05, 0) is 24.1 Å². The first kappa shape index (κ1) is 16.4. The second-order valence-corrected chi connectivity index (χ2v) is 6.20. The van der Waals surface area contributed by atoms with Crippen molar-refractivity contribution in [3.63, 3.8) is 0 Å². The smallest absolute Gasteiger partial charge is 0.191 e. The quantitative estimate of drug-likeness (QED) is 0.572. The summed E-state index contributed by atoms with van der Waals surface area (Å²) < 4.78 is 2.21. The zero-order chi connectivity index (χ0) is 16.8. The third-order valence-electron chi connectivity index (χ3n) is 4.42. The van der Waals surface area contributed by atoms with Gasteiger partial charge in [0.15, 0.2) is 5.43 Å². The van der Waals surface area contributed by atoms with Crippen molar-refractivity contribution in [3.05, 3.63) is 65.0 Å². The van der Waals surface area contributed by atoms with Crippen LogP contribution >= 0.6 is 0 Å². The van der Waals surface area contributed by atoms with Gasteiger partial charge in [0.05, 0.1) is 11.1 Å². The molecule has 0 amide bonds. The van der Waals surface area contributed by atoms with Gasteiger partial charge in [0, 0.05) is 18.8 Å². The third kappa shape index (κ3) is 3.56. The van der Waals surface area contributed by atoms with Gasteiger partial charge >= 0.3 is 0 Å². The van der Waals surface area contributed by atoms with Crippen molar-refractivity contribution in [2.75, 3.05) is 0 Å². The van der Waals surface area contributed by atoms with Crippen LogP contribution in [0.3, 0.4) is 0 Å². The summed E-state index contributed by atoms with van der Waals surface area (Å²) in [5, 5.41) is 0.700. The van der Waals surface area contributed by atoms with E-state index >= 15 is 0 Å². The monoisotopic (exact) mass is 320 g/mol. The molecule has 2 aromatic heterocycles. The van der Waals surface area contributed by atoms with Crippen LogP contribution in [-0.4, -0.2) is 9.55 Å².